The van der Waals surface area contributed by atoms with Crippen LogP contribution in [0.5, 0.6) is 0 Å². The maximum atomic E-state index is 14.2. The van der Waals surface area contributed by atoms with Crippen LogP contribution < -0.4 is 5.32 Å². The van der Waals surface area contributed by atoms with E-state index in [2.05, 4.69) is 20.4 Å². The number of halogens is 1. The third-order valence-corrected chi connectivity index (χ3v) is 4.10. The Kier molecular flexibility index (Phi) is 5.59. The van der Waals surface area contributed by atoms with E-state index in [1.807, 2.05) is 32.9 Å². The topological polar surface area (TPSA) is 72.7 Å². The number of aryl methyl sites for hydroxylation is 1. The number of hydrogen-bond donors (Lipinski definition) is 1. The molecule has 2 aromatic heterocycles. The second-order valence-electron chi connectivity index (χ2n) is 6.63. The molecule has 0 radical (unpaired) electrons. The molecular weight excluding hydrogens is 345 g/mol. The van der Waals surface area contributed by atoms with Gasteiger partial charge in [-0.25, -0.2) is 14.1 Å². The van der Waals surface area contributed by atoms with Crippen molar-refractivity contribution in [3.8, 4) is 5.69 Å². The van der Waals surface area contributed by atoms with Gasteiger partial charge in [-0.15, -0.1) is 5.10 Å². The second kappa shape index (κ2) is 8.07. The first-order valence-electron chi connectivity index (χ1n) is 8.87. The Labute approximate surface area is 157 Å². The van der Waals surface area contributed by atoms with Crippen LogP contribution in [0.25, 0.3) is 5.69 Å². The first-order valence-corrected chi connectivity index (χ1v) is 8.87. The van der Waals surface area contributed by atoms with E-state index >= 15 is 0 Å². The summed E-state index contributed by atoms with van der Waals surface area (Å²) >= 11 is 0. The highest BCUT2D eigenvalue weighted by Crippen LogP contribution is 2.19. The molecular formula is C20H22FN5O. The highest BCUT2D eigenvalue weighted by molar-refractivity contribution is 5.90. The van der Waals surface area contributed by atoms with Gasteiger partial charge in [0, 0.05) is 24.4 Å². The van der Waals surface area contributed by atoms with Gasteiger partial charge in [-0.1, -0.05) is 32.0 Å². The number of nitrogens with zero attached hydrogens (tertiary/aromatic N) is 4. The summed E-state index contributed by atoms with van der Waals surface area (Å²) in [7, 11) is 0. The molecule has 1 aromatic carbocycles. The molecule has 0 saturated heterocycles. The predicted molar refractivity (Wildman–Crippen MR) is 100 cm³/mol. The number of carbonyl (C=O) groups is 1. The molecule has 7 heteroatoms. The second-order valence-corrected chi connectivity index (χ2v) is 6.63. The average Bonchev–Trinajstić information content (AvgIpc) is 3.09. The Bertz CT molecular complexity index is 934. The van der Waals surface area contributed by atoms with Crippen molar-refractivity contribution in [3.05, 3.63) is 71.3 Å². The predicted octanol–water partition coefficient (Wildman–Crippen LogP) is 3.21. The van der Waals surface area contributed by atoms with Crippen molar-refractivity contribution < 1.29 is 9.18 Å². The minimum atomic E-state index is -0.414. The number of benzene rings is 1. The van der Waals surface area contributed by atoms with Crippen molar-refractivity contribution >= 4 is 5.91 Å². The number of aromatic nitrogens is 4. The van der Waals surface area contributed by atoms with Crippen LogP contribution in [0.1, 0.15) is 47.5 Å². The van der Waals surface area contributed by atoms with E-state index < -0.39 is 5.82 Å². The molecule has 0 atom stereocenters. The number of amides is 1. The van der Waals surface area contributed by atoms with Gasteiger partial charge in [0.25, 0.3) is 5.91 Å². The van der Waals surface area contributed by atoms with E-state index in [9.17, 15) is 9.18 Å². The van der Waals surface area contributed by atoms with Crippen LogP contribution in [0.2, 0.25) is 0 Å². The molecule has 3 aromatic rings. The van der Waals surface area contributed by atoms with Gasteiger partial charge in [-0.05, 0) is 37.1 Å². The van der Waals surface area contributed by atoms with Crippen LogP contribution in [0, 0.1) is 12.7 Å². The Hall–Kier alpha value is -3.09. The van der Waals surface area contributed by atoms with Crippen LogP contribution in [0.3, 0.4) is 0 Å². The smallest absolute Gasteiger partial charge is 0.290 e. The molecule has 0 fully saturated rings. The molecule has 1 N–H and O–H groups in total. The number of carbonyl (C=O) groups excluding carboxylic acids is 1. The van der Waals surface area contributed by atoms with Crippen molar-refractivity contribution in [2.75, 3.05) is 6.54 Å². The summed E-state index contributed by atoms with van der Waals surface area (Å²) in [4.78, 5) is 21.0. The van der Waals surface area contributed by atoms with Gasteiger partial charge in [-0.2, -0.15) is 0 Å². The van der Waals surface area contributed by atoms with E-state index in [-0.39, 0.29) is 23.3 Å². The van der Waals surface area contributed by atoms with Crippen molar-refractivity contribution in [2.45, 2.75) is 33.1 Å². The Morgan fingerprint density at radius 2 is 2.00 bits per heavy atom. The number of nitrogens with one attached hydrogen (secondary N) is 1. The molecule has 0 spiro atoms. The van der Waals surface area contributed by atoms with E-state index in [0.29, 0.717) is 18.8 Å². The SMILES string of the molecule is Cc1ccc(CCNC(=O)c2nc(C(C)C)n(-c3ccccc3F)n2)cn1. The molecule has 0 unspecified atom stereocenters. The molecule has 2 heterocycles. The van der Waals surface area contributed by atoms with Crippen LogP contribution in [0.4, 0.5) is 4.39 Å². The van der Waals surface area contributed by atoms with Crippen LogP contribution in [-0.4, -0.2) is 32.2 Å². The van der Waals surface area contributed by atoms with Gasteiger partial charge in [-0.3, -0.25) is 9.78 Å². The van der Waals surface area contributed by atoms with Crippen LogP contribution in [-0.2, 0) is 6.42 Å². The minimum absolute atomic E-state index is 0.0164. The maximum absolute atomic E-state index is 14.2. The van der Waals surface area contributed by atoms with Crippen LogP contribution in [0.15, 0.2) is 42.6 Å². The average molecular weight is 367 g/mol. The van der Waals surface area contributed by atoms with Crippen LogP contribution >= 0.6 is 0 Å². The summed E-state index contributed by atoms with van der Waals surface area (Å²) in [6.45, 7) is 6.21. The van der Waals surface area contributed by atoms with E-state index in [1.54, 1.807) is 24.4 Å². The number of hydrogen-bond acceptors (Lipinski definition) is 4. The number of para-hydroxylation sites is 1. The molecule has 3 rings (SSSR count). The fourth-order valence-corrected chi connectivity index (χ4v) is 2.64. The van der Waals surface area contributed by atoms with E-state index in [1.165, 1.54) is 10.7 Å². The summed E-state index contributed by atoms with van der Waals surface area (Å²) in [5.41, 5.74) is 2.26. The molecule has 27 heavy (non-hydrogen) atoms. The van der Waals surface area contributed by atoms with Gasteiger partial charge < -0.3 is 5.32 Å². The van der Waals surface area contributed by atoms with Gasteiger partial charge in [0.2, 0.25) is 5.82 Å². The molecule has 0 aliphatic rings. The highest BCUT2D eigenvalue weighted by atomic mass is 19.1. The highest BCUT2D eigenvalue weighted by Gasteiger charge is 2.20. The Balaban J connectivity index is 1.74. The Morgan fingerprint density at radius 1 is 1.22 bits per heavy atom. The molecule has 0 aliphatic heterocycles. The summed E-state index contributed by atoms with van der Waals surface area (Å²) in [6.07, 6.45) is 2.45. The summed E-state index contributed by atoms with van der Waals surface area (Å²) < 4.78 is 15.6. The molecule has 6 nitrogen and oxygen atoms in total. The van der Waals surface area contributed by atoms with Crippen molar-refractivity contribution in [3.63, 3.8) is 0 Å². The largest absolute Gasteiger partial charge is 0.349 e. The lowest BCUT2D eigenvalue weighted by Gasteiger charge is -2.08. The molecule has 0 bridgehead atoms. The summed E-state index contributed by atoms with van der Waals surface area (Å²) in [6, 6.07) is 10.2. The van der Waals surface area contributed by atoms with Gasteiger partial charge in [0.05, 0.1) is 0 Å². The van der Waals surface area contributed by atoms with Crippen molar-refractivity contribution in [1.82, 2.24) is 25.1 Å². The van der Waals surface area contributed by atoms with Gasteiger partial charge >= 0.3 is 0 Å². The molecule has 0 aliphatic carbocycles. The quantitative estimate of drug-likeness (QED) is 0.726. The number of pyridine rings is 1. The molecule has 1 amide bonds. The standard InChI is InChI=1S/C20H22FN5O/c1-13(2)19-24-18(25-26(19)17-7-5-4-6-16(17)21)20(27)22-11-10-15-9-8-14(3)23-12-15/h4-9,12-13H,10-11H2,1-3H3,(H,22,27). The first kappa shape index (κ1) is 18.7. The normalized spacial score (nSPS) is 11.0. The minimum Gasteiger partial charge on any atom is -0.349 e. The fourth-order valence-electron chi connectivity index (χ4n) is 2.64. The monoisotopic (exact) mass is 367 g/mol. The molecule has 140 valence electrons. The zero-order valence-corrected chi connectivity index (χ0v) is 15.6. The van der Waals surface area contributed by atoms with Gasteiger partial charge in [0.15, 0.2) is 0 Å². The van der Waals surface area contributed by atoms with E-state index in [0.717, 1.165) is 11.3 Å². The first-order chi connectivity index (χ1) is 13.0. The van der Waals surface area contributed by atoms with Crippen molar-refractivity contribution in [2.24, 2.45) is 0 Å². The zero-order valence-electron chi connectivity index (χ0n) is 15.6. The lowest BCUT2D eigenvalue weighted by Crippen LogP contribution is -2.27. The van der Waals surface area contributed by atoms with E-state index in [4.69, 9.17) is 0 Å². The lowest BCUT2D eigenvalue weighted by atomic mass is 10.2. The zero-order chi connectivity index (χ0) is 19.4. The lowest BCUT2D eigenvalue weighted by molar-refractivity contribution is 0.0943. The third-order valence-electron chi connectivity index (χ3n) is 4.10. The van der Waals surface area contributed by atoms with Gasteiger partial charge in [0.1, 0.15) is 17.3 Å². The summed E-state index contributed by atoms with van der Waals surface area (Å²) in [5.74, 6) is -0.246. The van der Waals surface area contributed by atoms with Crippen molar-refractivity contribution in [1.29, 1.82) is 0 Å². The molecule has 0 saturated carbocycles. The fraction of sp³-hybridized carbons (Fsp3) is 0.300. The Morgan fingerprint density at radius 3 is 2.67 bits per heavy atom. The third kappa shape index (κ3) is 4.36. The maximum Gasteiger partial charge on any atom is 0.290 e. The summed E-state index contributed by atoms with van der Waals surface area (Å²) in [5, 5.41) is 7.05. The number of rotatable bonds is 6.